The fourth-order valence-electron chi connectivity index (χ4n) is 3.58. The number of aryl methyl sites for hydroxylation is 1. The van der Waals surface area contributed by atoms with Gasteiger partial charge in [0.25, 0.3) is 10.0 Å². The molecule has 1 N–H and O–H groups in total. The Morgan fingerprint density at radius 2 is 1.68 bits per heavy atom. The Labute approximate surface area is 167 Å². The van der Waals surface area contributed by atoms with Gasteiger partial charge in [-0.3, -0.25) is 0 Å². The molecule has 0 amide bonds. The predicted octanol–water partition coefficient (Wildman–Crippen LogP) is 3.94. The van der Waals surface area contributed by atoms with Gasteiger partial charge >= 0.3 is 0 Å². The first-order valence-corrected chi connectivity index (χ1v) is 11.0. The molecule has 150 valence electrons. The monoisotopic (exact) mass is 400 g/mol. The zero-order valence-corrected chi connectivity index (χ0v) is 17.6. The molecule has 0 bridgehead atoms. The van der Waals surface area contributed by atoms with Crippen molar-refractivity contribution < 1.29 is 13.5 Å². The molecule has 0 aliphatic carbocycles. The van der Waals surface area contributed by atoms with Gasteiger partial charge in [-0.05, 0) is 51.8 Å². The molecule has 2 atom stereocenters. The van der Waals surface area contributed by atoms with Gasteiger partial charge in [0.05, 0.1) is 11.0 Å². The summed E-state index contributed by atoms with van der Waals surface area (Å²) < 4.78 is 30.2. The van der Waals surface area contributed by atoms with Gasteiger partial charge < -0.3 is 10.0 Å². The summed E-state index contributed by atoms with van der Waals surface area (Å²) in [5.74, 6) is 0.0614. The Hall–Kier alpha value is -2.18. The van der Waals surface area contributed by atoms with E-state index < -0.39 is 16.1 Å². The quantitative estimate of drug-likeness (QED) is 0.844. The first kappa shape index (κ1) is 20.6. The van der Waals surface area contributed by atoms with Crippen LogP contribution in [-0.2, 0) is 10.0 Å². The number of sulfonamides is 1. The fourth-order valence-corrected chi connectivity index (χ4v) is 4.64. The summed E-state index contributed by atoms with van der Waals surface area (Å²) in [5, 5.41) is 11.0. The number of aliphatic hydroxyl groups is 1. The van der Waals surface area contributed by atoms with Crippen LogP contribution >= 0.6 is 0 Å². The zero-order valence-electron chi connectivity index (χ0n) is 16.8. The Morgan fingerprint density at radius 1 is 1.07 bits per heavy atom. The van der Waals surface area contributed by atoms with Crippen molar-refractivity contribution in [2.24, 2.45) is 10.3 Å². The van der Waals surface area contributed by atoms with Crippen molar-refractivity contribution in [2.45, 2.75) is 50.7 Å². The normalized spacial score (nSPS) is 20.5. The Kier molecular flexibility index (Phi) is 5.64. The highest BCUT2D eigenvalue weighted by Crippen LogP contribution is 2.36. The second-order valence-corrected chi connectivity index (χ2v) is 9.91. The Balaban J connectivity index is 2.04. The molecule has 3 rings (SSSR count). The van der Waals surface area contributed by atoms with Gasteiger partial charge in [-0.15, -0.1) is 4.40 Å². The Morgan fingerprint density at radius 3 is 2.25 bits per heavy atom. The molecule has 0 spiro atoms. The predicted molar refractivity (Wildman–Crippen MR) is 112 cm³/mol. The van der Waals surface area contributed by atoms with Crippen LogP contribution in [0.15, 0.2) is 63.9 Å². The number of nitrogens with zero attached hydrogens (tertiary/aromatic N) is 2. The highest BCUT2D eigenvalue weighted by molar-refractivity contribution is 7.90. The largest absolute Gasteiger partial charge is 0.388 e. The highest BCUT2D eigenvalue weighted by Gasteiger charge is 2.41. The van der Waals surface area contributed by atoms with E-state index in [1.807, 2.05) is 62.9 Å². The summed E-state index contributed by atoms with van der Waals surface area (Å²) in [6, 6.07) is 16.0. The van der Waals surface area contributed by atoms with Gasteiger partial charge in [0.1, 0.15) is 5.84 Å². The second-order valence-electron chi connectivity index (χ2n) is 8.31. The van der Waals surface area contributed by atoms with E-state index in [0.717, 1.165) is 11.1 Å². The molecule has 1 saturated heterocycles. The third kappa shape index (κ3) is 4.28. The third-order valence-electron chi connectivity index (χ3n) is 5.14. The highest BCUT2D eigenvalue weighted by atomic mass is 32.2. The van der Waals surface area contributed by atoms with Crippen molar-refractivity contribution in [2.75, 3.05) is 6.54 Å². The number of rotatable bonds is 4. The summed E-state index contributed by atoms with van der Waals surface area (Å²) in [4.78, 5) is 2.16. The Bertz CT molecular complexity index is 946. The minimum absolute atomic E-state index is 0.166. The summed E-state index contributed by atoms with van der Waals surface area (Å²) in [5.41, 5.74) is 1.46. The standard InChI is InChI=1S/C22H28N2O3S/c1-16-10-12-18(13-11-16)28(26,27)23-21-19(14-15-24(21)22(2,3)4)20(25)17-8-6-5-7-9-17/h5-13,19-20,25H,14-15H2,1-4H3/b23-21+/t19-,20+/m1/s1. The van der Waals surface area contributed by atoms with Crippen LogP contribution < -0.4 is 0 Å². The number of hydrogen-bond acceptors (Lipinski definition) is 3. The van der Waals surface area contributed by atoms with E-state index in [-0.39, 0.29) is 16.4 Å². The lowest BCUT2D eigenvalue weighted by Crippen LogP contribution is -2.44. The summed E-state index contributed by atoms with van der Waals surface area (Å²) in [6.45, 7) is 8.64. The average Bonchev–Trinajstić information content (AvgIpc) is 3.05. The van der Waals surface area contributed by atoms with Crippen molar-refractivity contribution >= 4 is 15.9 Å². The number of aliphatic hydroxyl groups excluding tert-OH is 1. The lowest BCUT2D eigenvalue weighted by Gasteiger charge is -2.35. The van der Waals surface area contributed by atoms with Gasteiger partial charge in [-0.25, -0.2) is 0 Å². The first-order chi connectivity index (χ1) is 13.1. The number of amidine groups is 1. The van der Waals surface area contributed by atoms with E-state index in [9.17, 15) is 13.5 Å². The van der Waals surface area contributed by atoms with Crippen molar-refractivity contribution in [3.8, 4) is 0 Å². The molecule has 1 aliphatic rings. The molecule has 1 aliphatic heterocycles. The maximum Gasteiger partial charge on any atom is 0.283 e. The maximum absolute atomic E-state index is 13.0. The van der Waals surface area contributed by atoms with Gasteiger partial charge in [-0.1, -0.05) is 48.0 Å². The minimum atomic E-state index is -3.87. The van der Waals surface area contributed by atoms with Crippen molar-refractivity contribution in [3.05, 3.63) is 65.7 Å². The molecule has 5 nitrogen and oxygen atoms in total. The molecule has 2 aromatic rings. The molecule has 6 heteroatoms. The van der Waals surface area contributed by atoms with E-state index in [0.29, 0.717) is 18.8 Å². The van der Waals surface area contributed by atoms with Crippen LogP contribution in [0.4, 0.5) is 0 Å². The van der Waals surface area contributed by atoms with E-state index in [1.54, 1.807) is 24.3 Å². The van der Waals surface area contributed by atoms with Crippen LogP contribution in [0, 0.1) is 12.8 Å². The third-order valence-corrected chi connectivity index (χ3v) is 6.43. The number of hydrogen-bond donors (Lipinski definition) is 1. The van der Waals surface area contributed by atoms with Crippen molar-refractivity contribution in [1.29, 1.82) is 0 Å². The zero-order chi connectivity index (χ0) is 20.5. The molecule has 28 heavy (non-hydrogen) atoms. The molecule has 0 saturated carbocycles. The molecule has 2 aromatic carbocycles. The summed E-state index contributed by atoms with van der Waals surface area (Å²) in [7, 11) is -3.87. The molecule has 1 fully saturated rings. The second kappa shape index (κ2) is 7.68. The smallest absolute Gasteiger partial charge is 0.283 e. The van der Waals surface area contributed by atoms with Gasteiger partial charge in [-0.2, -0.15) is 8.42 Å². The van der Waals surface area contributed by atoms with E-state index in [1.165, 1.54) is 0 Å². The van der Waals surface area contributed by atoms with Crippen LogP contribution in [0.25, 0.3) is 0 Å². The first-order valence-electron chi connectivity index (χ1n) is 9.52. The van der Waals surface area contributed by atoms with Gasteiger partial charge in [0.2, 0.25) is 0 Å². The molecule has 0 aromatic heterocycles. The van der Waals surface area contributed by atoms with Crippen molar-refractivity contribution in [3.63, 3.8) is 0 Å². The molecular weight excluding hydrogens is 372 g/mol. The van der Waals surface area contributed by atoms with Gasteiger partial charge in [0, 0.05) is 18.0 Å². The SMILES string of the molecule is Cc1ccc(S(=O)(=O)/N=C2\[C@@H]([C@@H](O)c3ccccc3)CCN2C(C)(C)C)cc1. The van der Waals surface area contributed by atoms with E-state index in [2.05, 4.69) is 4.40 Å². The average molecular weight is 401 g/mol. The van der Waals surface area contributed by atoms with Crippen LogP contribution in [0.3, 0.4) is 0 Å². The molecule has 0 radical (unpaired) electrons. The molecule has 1 heterocycles. The summed E-state index contributed by atoms with van der Waals surface area (Å²) in [6.07, 6.45) is -0.157. The topological polar surface area (TPSA) is 70.0 Å². The maximum atomic E-state index is 13.0. The van der Waals surface area contributed by atoms with Gasteiger partial charge in [0.15, 0.2) is 0 Å². The number of likely N-dealkylation sites (tertiary alicyclic amines) is 1. The molecular formula is C22H28N2O3S. The van der Waals surface area contributed by atoms with E-state index >= 15 is 0 Å². The van der Waals surface area contributed by atoms with Crippen LogP contribution in [0.5, 0.6) is 0 Å². The van der Waals surface area contributed by atoms with E-state index in [4.69, 9.17) is 0 Å². The lowest BCUT2D eigenvalue weighted by atomic mass is 9.94. The van der Waals surface area contributed by atoms with Crippen molar-refractivity contribution in [1.82, 2.24) is 4.90 Å². The van der Waals surface area contributed by atoms with Crippen LogP contribution in [0.1, 0.15) is 44.4 Å². The fraction of sp³-hybridized carbons (Fsp3) is 0.409. The summed E-state index contributed by atoms with van der Waals surface area (Å²) >= 11 is 0. The molecule has 0 unspecified atom stereocenters. The van der Waals surface area contributed by atoms with Crippen LogP contribution in [0.2, 0.25) is 0 Å². The lowest BCUT2D eigenvalue weighted by molar-refractivity contribution is 0.141. The van der Waals surface area contributed by atoms with Crippen LogP contribution in [-0.4, -0.2) is 36.3 Å². The number of benzene rings is 2. The minimum Gasteiger partial charge on any atom is -0.388 e.